The number of anilines is 1. The monoisotopic (exact) mass is 620 g/mol. The van der Waals surface area contributed by atoms with Gasteiger partial charge in [-0.2, -0.15) is 5.10 Å². The van der Waals surface area contributed by atoms with Crippen molar-refractivity contribution in [1.82, 2.24) is 14.9 Å². The van der Waals surface area contributed by atoms with Crippen molar-refractivity contribution in [2.24, 2.45) is 0 Å². The van der Waals surface area contributed by atoms with Crippen molar-refractivity contribution >= 4 is 39.7 Å². The Kier molecular flexibility index (Phi) is 7.87. The average molecular weight is 620 g/mol. The number of carbonyl (C=O) groups excluding carboxylic acids is 1. The summed E-state index contributed by atoms with van der Waals surface area (Å²) in [7, 11) is -4.89. The third-order valence-corrected chi connectivity index (χ3v) is 8.07. The van der Waals surface area contributed by atoms with Crippen LogP contribution in [0.25, 0.3) is 16.8 Å². The van der Waals surface area contributed by atoms with Crippen molar-refractivity contribution < 1.29 is 45.6 Å². The van der Waals surface area contributed by atoms with Crippen LogP contribution in [0.2, 0.25) is 0 Å². The predicted molar refractivity (Wildman–Crippen MR) is 150 cm³/mol. The lowest BCUT2D eigenvalue weighted by molar-refractivity contribution is -0.274. The zero-order valence-corrected chi connectivity index (χ0v) is 23.6. The van der Waals surface area contributed by atoms with Crippen LogP contribution < -0.4 is 19.8 Å². The number of ether oxygens (including phenoxy) is 1. The second-order valence-electron chi connectivity index (χ2n) is 10.1. The van der Waals surface area contributed by atoms with Gasteiger partial charge in [-0.25, -0.2) is 17.3 Å². The number of rotatable bonds is 9. The Hall–Kier alpha value is -4.15. The van der Waals surface area contributed by atoms with Crippen LogP contribution in [0.3, 0.4) is 0 Å². The van der Waals surface area contributed by atoms with E-state index in [2.05, 4.69) is 15.2 Å². The number of hydrogen-bond donors (Lipinski definition) is 3. The average Bonchev–Trinajstić information content (AvgIpc) is 3.70. The quantitative estimate of drug-likeness (QED) is 0.194. The molecule has 1 saturated carbocycles. The standard InChI is InChI=1S/C27H25BF4N4O6S/c1-33-26(37)24-21-12-19(16-4-5-16)22(14-35(21)34-25(24)17-6-8-18(29)9-7-17)36(43(2,40)41)13-15-3-10-20(28(38)39)23(11-15)42-27(30,31)32/h3,6-12,14,16,38-39H,4-5,13H2,1-2H3,(H,33,37). The van der Waals surface area contributed by atoms with Gasteiger partial charge in [0.1, 0.15) is 17.3 Å². The third kappa shape index (κ3) is 6.45. The Morgan fingerprint density at radius 1 is 1.16 bits per heavy atom. The van der Waals surface area contributed by atoms with E-state index in [0.29, 0.717) is 16.6 Å². The van der Waals surface area contributed by atoms with Gasteiger partial charge in [-0.3, -0.25) is 9.10 Å². The number of fused-ring (bicyclic) bond motifs is 1. The van der Waals surface area contributed by atoms with Gasteiger partial charge in [-0.1, -0.05) is 12.1 Å². The molecule has 2 aromatic heterocycles. The zero-order chi connectivity index (χ0) is 31.3. The Bertz CT molecular complexity index is 1810. The van der Waals surface area contributed by atoms with Crippen LogP contribution in [0.1, 0.15) is 40.2 Å². The van der Waals surface area contributed by atoms with E-state index in [4.69, 9.17) is 0 Å². The van der Waals surface area contributed by atoms with E-state index in [1.54, 1.807) is 6.07 Å². The minimum atomic E-state index is -5.15. The van der Waals surface area contributed by atoms with Crippen LogP contribution in [-0.2, 0) is 16.6 Å². The van der Waals surface area contributed by atoms with Gasteiger partial charge in [0, 0.05) is 18.1 Å². The second kappa shape index (κ2) is 11.2. The Labute approximate surface area is 243 Å². The van der Waals surface area contributed by atoms with E-state index in [1.165, 1.54) is 48.1 Å². The highest BCUT2D eigenvalue weighted by atomic mass is 32.2. The van der Waals surface area contributed by atoms with Gasteiger partial charge in [0.2, 0.25) is 10.0 Å². The van der Waals surface area contributed by atoms with E-state index in [9.17, 15) is 40.8 Å². The minimum absolute atomic E-state index is 0.0537. The molecule has 1 aliphatic rings. The molecule has 0 spiro atoms. The smallest absolute Gasteiger partial charge is 0.423 e. The number of nitrogens with one attached hydrogen (secondary N) is 1. The fourth-order valence-electron chi connectivity index (χ4n) is 4.83. The first-order chi connectivity index (χ1) is 20.2. The summed E-state index contributed by atoms with van der Waals surface area (Å²) < 4.78 is 85.3. The molecule has 16 heteroatoms. The van der Waals surface area contributed by atoms with Gasteiger partial charge >= 0.3 is 13.5 Å². The molecule has 0 radical (unpaired) electrons. The molecule has 2 aromatic carbocycles. The highest BCUT2D eigenvalue weighted by Crippen LogP contribution is 2.46. The third-order valence-electron chi connectivity index (χ3n) is 6.95. The molecular formula is C27H25BF4N4O6S. The van der Waals surface area contributed by atoms with E-state index in [1.807, 2.05) is 0 Å². The minimum Gasteiger partial charge on any atom is -0.423 e. The lowest BCUT2D eigenvalue weighted by atomic mass is 9.79. The molecule has 3 N–H and O–H groups in total. The van der Waals surface area contributed by atoms with E-state index >= 15 is 0 Å². The van der Waals surface area contributed by atoms with Crippen molar-refractivity contribution in [1.29, 1.82) is 0 Å². The maximum atomic E-state index is 13.6. The molecule has 226 valence electrons. The highest BCUT2D eigenvalue weighted by molar-refractivity contribution is 7.92. The van der Waals surface area contributed by atoms with Gasteiger partial charge < -0.3 is 20.1 Å². The number of halogens is 4. The van der Waals surface area contributed by atoms with E-state index < -0.39 is 53.0 Å². The van der Waals surface area contributed by atoms with Gasteiger partial charge in [0.25, 0.3) is 5.91 Å². The molecule has 0 aliphatic heterocycles. The maximum Gasteiger partial charge on any atom is 0.573 e. The predicted octanol–water partition coefficient (Wildman–Crippen LogP) is 2.92. The van der Waals surface area contributed by atoms with Crippen molar-refractivity contribution in [2.75, 3.05) is 17.6 Å². The number of aromatic nitrogens is 2. The lowest BCUT2D eigenvalue weighted by Gasteiger charge is -2.26. The van der Waals surface area contributed by atoms with Gasteiger partial charge in [0.15, 0.2) is 0 Å². The fraction of sp³-hybridized carbons (Fsp3) is 0.259. The molecule has 1 fully saturated rings. The second-order valence-corrected chi connectivity index (χ2v) is 12.0. The molecule has 0 saturated heterocycles. The first-order valence-electron chi connectivity index (χ1n) is 12.9. The topological polar surface area (TPSA) is 133 Å². The summed E-state index contributed by atoms with van der Waals surface area (Å²) in [4.78, 5) is 13.0. The number of carbonyl (C=O) groups is 1. The van der Waals surface area contributed by atoms with Crippen LogP contribution in [0.5, 0.6) is 5.75 Å². The lowest BCUT2D eigenvalue weighted by Crippen LogP contribution is -2.34. The van der Waals surface area contributed by atoms with Crippen LogP contribution in [0.4, 0.5) is 23.2 Å². The highest BCUT2D eigenvalue weighted by Gasteiger charge is 2.35. The number of amides is 1. The number of hydrogen-bond acceptors (Lipinski definition) is 7. The molecule has 5 rings (SSSR count). The summed E-state index contributed by atoms with van der Waals surface area (Å²) in [5, 5.41) is 26.1. The number of benzene rings is 2. The molecular weight excluding hydrogens is 595 g/mol. The van der Waals surface area contributed by atoms with Crippen molar-refractivity contribution in [3.8, 4) is 17.0 Å². The number of sulfonamides is 1. The summed E-state index contributed by atoms with van der Waals surface area (Å²) in [5.41, 5.74) is 1.54. The van der Waals surface area contributed by atoms with Gasteiger partial charge in [0.05, 0.1) is 35.8 Å². The van der Waals surface area contributed by atoms with Crippen LogP contribution in [0.15, 0.2) is 54.7 Å². The normalized spacial score (nSPS) is 13.7. The Morgan fingerprint density at radius 3 is 2.40 bits per heavy atom. The number of nitrogens with zero attached hydrogens (tertiary/aromatic N) is 3. The largest absolute Gasteiger partial charge is 0.573 e. The number of pyridine rings is 1. The molecule has 43 heavy (non-hydrogen) atoms. The van der Waals surface area contributed by atoms with E-state index in [-0.39, 0.29) is 28.4 Å². The molecule has 0 bridgehead atoms. The molecule has 10 nitrogen and oxygen atoms in total. The molecule has 0 atom stereocenters. The molecule has 1 amide bonds. The van der Waals surface area contributed by atoms with Gasteiger partial charge in [-0.05, 0) is 66.3 Å². The first-order valence-corrected chi connectivity index (χ1v) is 14.8. The maximum absolute atomic E-state index is 13.6. The zero-order valence-electron chi connectivity index (χ0n) is 22.8. The van der Waals surface area contributed by atoms with Crippen molar-refractivity contribution in [3.63, 3.8) is 0 Å². The van der Waals surface area contributed by atoms with E-state index in [0.717, 1.165) is 35.5 Å². The summed E-state index contributed by atoms with van der Waals surface area (Å²) in [6.45, 7) is -0.436. The SMILES string of the molecule is CNC(=O)c1c(-c2ccc(F)cc2)nn2cc(N(Cc3ccc(B(O)O)c(OC(F)(F)F)c3)S(C)(=O)=O)c(C3CC3)cc12. The number of alkyl halides is 3. The van der Waals surface area contributed by atoms with Crippen LogP contribution in [0, 0.1) is 5.82 Å². The first kappa shape index (κ1) is 30.3. The summed E-state index contributed by atoms with van der Waals surface area (Å²) in [6.07, 6.45) is -1.30. The van der Waals surface area contributed by atoms with Crippen LogP contribution >= 0.6 is 0 Å². The molecule has 4 aromatic rings. The summed E-state index contributed by atoms with van der Waals surface area (Å²) in [5.74, 6) is -1.90. The van der Waals surface area contributed by atoms with Crippen molar-refractivity contribution in [2.45, 2.75) is 31.7 Å². The summed E-state index contributed by atoms with van der Waals surface area (Å²) >= 11 is 0. The Balaban J connectivity index is 1.67. The summed E-state index contributed by atoms with van der Waals surface area (Å²) in [6, 6.07) is 10.2. The van der Waals surface area contributed by atoms with Crippen LogP contribution in [-0.4, -0.2) is 60.8 Å². The molecule has 1 aliphatic carbocycles. The Morgan fingerprint density at radius 2 is 1.84 bits per heavy atom. The molecule has 2 heterocycles. The van der Waals surface area contributed by atoms with Gasteiger partial charge in [-0.15, -0.1) is 13.2 Å². The fourth-order valence-corrected chi connectivity index (χ4v) is 5.73. The van der Waals surface area contributed by atoms with Crippen molar-refractivity contribution in [3.05, 3.63) is 77.2 Å². The molecule has 0 unspecified atom stereocenters.